The molecule has 0 aliphatic heterocycles. The maximum Gasteiger partial charge on any atom is 0.338 e. The first-order chi connectivity index (χ1) is 13.6. The number of esters is 1. The second-order valence-electron chi connectivity index (χ2n) is 5.65. The Labute approximate surface area is 168 Å². The highest BCUT2D eigenvalue weighted by atomic mass is 35.5. The molecule has 0 unspecified atom stereocenters. The molecule has 0 atom stereocenters. The molecule has 3 heterocycles. The van der Waals surface area contributed by atoms with Crippen LogP contribution in [-0.4, -0.2) is 38.0 Å². The average Bonchev–Trinajstić information content (AvgIpc) is 3.12. The third kappa shape index (κ3) is 3.35. The van der Waals surface area contributed by atoms with Gasteiger partial charge in [-0.2, -0.15) is 0 Å². The molecule has 8 nitrogen and oxygen atoms in total. The molecule has 2 N–H and O–H groups in total. The van der Waals surface area contributed by atoms with E-state index in [-0.39, 0.29) is 0 Å². The van der Waals surface area contributed by atoms with E-state index in [0.717, 1.165) is 0 Å². The van der Waals surface area contributed by atoms with Gasteiger partial charge >= 0.3 is 5.97 Å². The van der Waals surface area contributed by atoms with Crippen LogP contribution in [0.4, 0.5) is 11.6 Å². The standard InChI is InChI=1S/C18H12Cl2N6O2/c1-28-18(27)9-5-6-21-12(7-9)24-16-14-17(23-8-22-16)26-15(25-14)13-10(19)3-2-4-11(13)20/h2-8H,1H3,(H2,21,22,23,24,25,26). The molecule has 0 aliphatic carbocycles. The number of hydrogen-bond acceptors (Lipinski definition) is 7. The molecule has 0 spiro atoms. The summed E-state index contributed by atoms with van der Waals surface area (Å²) in [6.07, 6.45) is 2.86. The molecule has 0 amide bonds. The van der Waals surface area contributed by atoms with Crippen LogP contribution >= 0.6 is 23.2 Å². The molecular weight excluding hydrogens is 403 g/mol. The van der Waals surface area contributed by atoms with Crippen molar-refractivity contribution in [3.8, 4) is 11.4 Å². The van der Waals surface area contributed by atoms with Gasteiger partial charge < -0.3 is 15.0 Å². The Kier molecular flexibility index (Phi) is 4.81. The molecule has 0 saturated carbocycles. The van der Waals surface area contributed by atoms with Crippen molar-refractivity contribution in [2.45, 2.75) is 0 Å². The maximum atomic E-state index is 11.7. The first-order valence-corrected chi connectivity index (χ1v) is 8.79. The van der Waals surface area contributed by atoms with Crippen LogP contribution < -0.4 is 5.32 Å². The molecule has 4 aromatic rings. The fourth-order valence-corrected chi connectivity index (χ4v) is 3.21. The van der Waals surface area contributed by atoms with Crippen LogP contribution in [0.1, 0.15) is 10.4 Å². The van der Waals surface area contributed by atoms with Gasteiger partial charge in [-0.05, 0) is 24.3 Å². The summed E-state index contributed by atoms with van der Waals surface area (Å²) < 4.78 is 4.73. The van der Waals surface area contributed by atoms with Crippen LogP contribution in [0.25, 0.3) is 22.6 Å². The molecule has 0 radical (unpaired) electrons. The minimum absolute atomic E-state index is 0.360. The molecule has 0 fully saturated rings. The zero-order valence-electron chi connectivity index (χ0n) is 14.4. The number of aromatic amines is 1. The number of fused-ring (bicyclic) bond motifs is 1. The van der Waals surface area contributed by atoms with E-state index in [4.69, 9.17) is 27.9 Å². The molecule has 4 rings (SSSR count). The lowest BCUT2D eigenvalue weighted by atomic mass is 10.2. The SMILES string of the molecule is COC(=O)c1ccnc(Nc2ncnc3nc(-c4c(Cl)cccc4Cl)[nH]c23)c1. The molecule has 10 heteroatoms. The van der Waals surface area contributed by atoms with Crippen LogP contribution in [0.15, 0.2) is 42.9 Å². The number of anilines is 2. The lowest BCUT2D eigenvalue weighted by Gasteiger charge is -2.06. The number of imidazole rings is 1. The number of carbonyl (C=O) groups excluding carboxylic acids is 1. The Bertz CT molecular complexity index is 1170. The second-order valence-corrected chi connectivity index (χ2v) is 6.46. The van der Waals surface area contributed by atoms with Crippen LogP contribution in [0.3, 0.4) is 0 Å². The number of halogens is 2. The number of methoxy groups -OCH3 is 1. The number of aromatic nitrogens is 5. The summed E-state index contributed by atoms with van der Waals surface area (Å²) in [4.78, 5) is 31.9. The van der Waals surface area contributed by atoms with Crippen LogP contribution in [-0.2, 0) is 4.74 Å². The van der Waals surface area contributed by atoms with Gasteiger partial charge in [-0.1, -0.05) is 29.3 Å². The van der Waals surface area contributed by atoms with Crippen molar-refractivity contribution in [1.82, 2.24) is 24.9 Å². The van der Waals surface area contributed by atoms with E-state index in [0.29, 0.717) is 49.8 Å². The van der Waals surface area contributed by atoms with Gasteiger partial charge in [0.05, 0.1) is 28.3 Å². The van der Waals surface area contributed by atoms with Gasteiger partial charge in [-0.15, -0.1) is 0 Å². The third-order valence-corrected chi connectivity index (χ3v) is 4.55. The van der Waals surface area contributed by atoms with E-state index in [9.17, 15) is 4.79 Å². The van der Waals surface area contributed by atoms with Gasteiger partial charge in [0.25, 0.3) is 0 Å². The maximum absolute atomic E-state index is 11.7. The molecule has 0 saturated heterocycles. The van der Waals surface area contributed by atoms with Gasteiger partial charge in [0.1, 0.15) is 23.5 Å². The minimum Gasteiger partial charge on any atom is -0.465 e. The van der Waals surface area contributed by atoms with Crippen LogP contribution in [0.2, 0.25) is 10.0 Å². The van der Waals surface area contributed by atoms with Crippen molar-refractivity contribution in [1.29, 1.82) is 0 Å². The zero-order valence-corrected chi connectivity index (χ0v) is 15.9. The smallest absolute Gasteiger partial charge is 0.338 e. The third-order valence-electron chi connectivity index (χ3n) is 3.92. The van der Waals surface area contributed by atoms with E-state index in [1.807, 2.05) is 0 Å². The summed E-state index contributed by atoms with van der Waals surface area (Å²) in [5, 5.41) is 3.97. The molecule has 3 aromatic heterocycles. The van der Waals surface area contributed by atoms with Crippen molar-refractivity contribution in [2.24, 2.45) is 0 Å². The first-order valence-electron chi connectivity index (χ1n) is 8.03. The summed E-state index contributed by atoms with van der Waals surface area (Å²) >= 11 is 12.5. The summed E-state index contributed by atoms with van der Waals surface area (Å²) in [5.74, 6) is 0.845. The molecule has 0 aliphatic rings. The number of nitrogens with zero attached hydrogens (tertiary/aromatic N) is 4. The van der Waals surface area contributed by atoms with E-state index in [1.54, 1.807) is 30.3 Å². The molecule has 1 aromatic carbocycles. The number of benzene rings is 1. The Hall–Kier alpha value is -3.23. The zero-order chi connectivity index (χ0) is 19.7. The number of hydrogen-bond donors (Lipinski definition) is 2. The quantitative estimate of drug-likeness (QED) is 0.480. The van der Waals surface area contributed by atoms with Gasteiger partial charge in [-0.3, -0.25) is 0 Å². The van der Waals surface area contributed by atoms with Gasteiger partial charge in [0.15, 0.2) is 11.5 Å². The predicted octanol–water partition coefficient (Wildman–Crippen LogP) is 4.25. The highest BCUT2D eigenvalue weighted by molar-refractivity contribution is 6.39. The Morgan fingerprint density at radius 2 is 1.93 bits per heavy atom. The number of H-pyrrole nitrogens is 1. The van der Waals surface area contributed by atoms with Crippen LogP contribution in [0.5, 0.6) is 0 Å². The van der Waals surface area contributed by atoms with E-state index in [1.165, 1.54) is 19.6 Å². The molecular formula is C18H12Cl2N6O2. The highest BCUT2D eigenvalue weighted by Gasteiger charge is 2.16. The fraction of sp³-hybridized carbons (Fsp3) is 0.0556. The Morgan fingerprint density at radius 1 is 1.14 bits per heavy atom. The monoisotopic (exact) mass is 414 g/mol. The van der Waals surface area contributed by atoms with Gasteiger partial charge in [0.2, 0.25) is 0 Å². The number of ether oxygens (including phenoxy) is 1. The summed E-state index contributed by atoms with van der Waals surface area (Å²) in [6, 6.07) is 8.32. The van der Waals surface area contributed by atoms with E-state index in [2.05, 4.69) is 30.2 Å². The van der Waals surface area contributed by atoms with Crippen molar-refractivity contribution >= 4 is 52.0 Å². The summed E-state index contributed by atoms with van der Waals surface area (Å²) in [7, 11) is 1.32. The van der Waals surface area contributed by atoms with Crippen molar-refractivity contribution in [2.75, 3.05) is 12.4 Å². The average molecular weight is 415 g/mol. The predicted molar refractivity (Wildman–Crippen MR) is 106 cm³/mol. The summed E-state index contributed by atoms with van der Waals surface area (Å²) in [5.41, 5.74) is 1.89. The molecule has 0 bridgehead atoms. The van der Waals surface area contributed by atoms with Crippen molar-refractivity contribution < 1.29 is 9.53 Å². The molecule has 28 heavy (non-hydrogen) atoms. The lowest BCUT2D eigenvalue weighted by molar-refractivity contribution is 0.0600. The van der Waals surface area contributed by atoms with Crippen LogP contribution in [0, 0.1) is 0 Å². The Balaban J connectivity index is 1.75. The number of nitrogens with one attached hydrogen (secondary N) is 2. The van der Waals surface area contributed by atoms with Gasteiger partial charge in [-0.25, -0.2) is 24.7 Å². The first kappa shape index (κ1) is 18.1. The van der Waals surface area contributed by atoms with Gasteiger partial charge in [0, 0.05) is 6.20 Å². The highest BCUT2D eigenvalue weighted by Crippen LogP contribution is 2.34. The fourth-order valence-electron chi connectivity index (χ4n) is 2.63. The lowest BCUT2D eigenvalue weighted by Crippen LogP contribution is -2.04. The topological polar surface area (TPSA) is 106 Å². The van der Waals surface area contributed by atoms with E-state index < -0.39 is 5.97 Å². The number of rotatable bonds is 4. The number of carbonyl (C=O) groups is 1. The minimum atomic E-state index is -0.463. The van der Waals surface area contributed by atoms with Crippen molar-refractivity contribution in [3.05, 3.63) is 58.5 Å². The normalized spacial score (nSPS) is 10.8. The van der Waals surface area contributed by atoms with E-state index >= 15 is 0 Å². The molecule has 140 valence electrons. The number of pyridine rings is 1. The van der Waals surface area contributed by atoms with Crippen molar-refractivity contribution in [3.63, 3.8) is 0 Å². The second kappa shape index (κ2) is 7.41. The summed E-state index contributed by atoms with van der Waals surface area (Å²) in [6.45, 7) is 0. The largest absolute Gasteiger partial charge is 0.465 e. The Morgan fingerprint density at radius 3 is 2.68 bits per heavy atom.